The van der Waals surface area contributed by atoms with Gasteiger partial charge in [0.05, 0.1) is 6.61 Å². The fourth-order valence-electron chi connectivity index (χ4n) is 2.80. The van der Waals surface area contributed by atoms with Gasteiger partial charge in [-0.25, -0.2) is 8.78 Å². The second-order valence-electron chi connectivity index (χ2n) is 5.26. The maximum atomic E-state index is 13.9. The molecule has 1 aromatic rings. The van der Waals surface area contributed by atoms with E-state index in [4.69, 9.17) is 4.74 Å². The van der Waals surface area contributed by atoms with Crippen molar-refractivity contribution in [1.82, 2.24) is 0 Å². The number of halogens is 2. The molecule has 0 aliphatic heterocycles. The molecule has 104 valence electrons. The van der Waals surface area contributed by atoms with Gasteiger partial charge < -0.3 is 4.74 Å². The zero-order valence-electron chi connectivity index (χ0n) is 11.2. The summed E-state index contributed by atoms with van der Waals surface area (Å²) in [5.41, 5.74) is 2.07. The van der Waals surface area contributed by atoms with E-state index >= 15 is 0 Å². The molecule has 0 aromatic heterocycles. The summed E-state index contributed by atoms with van der Waals surface area (Å²) in [6, 6.07) is 7.81. The third-order valence-corrected chi connectivity index (χ3v) is 3.93. The summed E-state index contributed by atoms with van der Waals surface area (Å²) in [5, 5.41) is 0. The highest BCUT2D eigenvalue weighted by Gasteiger charge is 2.43. The molecule has 0 amide bonds. The first kappa shape index (κ1) is 14.2. The molecule has 0 saturated heterocycles. The third kappa shape index (κ3) is 3.21. The normalized spacial score (nSPS) is 26.1. The summed E-state index contributed by atoms with van der Waals surface area (Å²) >= 11 is 0. The maximum absolute atomic E-state index is 13.9. The monoisotopic (exact) mass is 266 g/mol. The standard InChI is InChI=1S/C16H20F2O/c1-3-15-9-8-14(10-16(15,17)18)13-6-4-12(5-7-13)11-19-2/h3-7,14-15H,1,8-11H2,2H3/t14-,15-/m1/s1. The van der Waals surface area contributed by atoms with Crippen molar-refractivity contribution in [3.63, 3.8) is 0 Å². The van der Waals surface area contributed by atoms with Crippen molar-refractivity contribution in [3.05, 3.63) is 48.0 Å². The van der Waals surface area contributed by atoms with Crippen molar-refractivity contribution in [3.8, 4) is 0 Å². The Morgan fingerprint density at radius 2 is 2.00 bits per heavy atom. The summed E-state index contributed by atoms with van der Waals surface area (Å²) in [4.78, 5) is 0. The van der Waals surface area contributed by atoms with Crippen LogP contribution in [0.3, 0.4) is 0 Å². The average Bonchev–Trinajstić information content (AvgIpc) is 2.39. The first-order valence-corrected chi connectivity index (χ1v) is 6.65. The molecule has 19 heavy (non-hydrogen) atoms. The molecule has 2 atom stereocenters. The minimum Gasteiger partial charge on any atom is -0.380 e. The van der Waals surface area contributed by atoms with Gasteiger partial charge in [0.2, 0.25) is 0 Å². The lowest BCUT2D eigenvalue weighted by atomic mass is 9.76. The Balaban J connectivity index is 2.08. The molecule has 1 aliphatic rings. The highest BCUT2D eigenvalue weighted by Crippen LogP contribution is 2.45. The van der Waals surface area contributed by atoms with Crippen LogP contribution < -0.4 is 0 Å². The molecule has 1 saturated carbocycles. The van der Waals surface area contributed by atoms with Crippen molar-refractivity contribution >= 4 is 0 Å². The van der Waals surface area contributed by atoms with Crippen LogP contribution in [0.2, 0.25) is 0 Å². The molecule has 2 rings (SSSR count). The Kier molecular flexibility index (Phi) is 4.35. The molecule has 1 aromatic carbocycles. The molecule has 0 spiro atoms. The fraction of sp³-hybridized carbons (Fsp3) is 0.500. The number of benzene rings is 1. The number of hydrogen-bond acceptors (Lipinski definition) is 1. The van der Waals surface area contributed by atoms with E-state index in [9.17, 15) is 8.78 Å². The van der Waals surface area contributed by atoms with Crippen LogP contribution in [0.25, 0.3) is 0 Å². The lowest BCUT2D eigenvalue weighted by Gasteiger charge is -2.34. The lowest BCUT2D eigenvalue weighted by Crippen LogP contribution is -2.33. The molecule has 0 radical (unpaired) electrons. The molecule has 0 bridgehead atoms. The molecular weight excluding hydrogens is 246 g/mol. The van der Waals surface area contributed by atoms with Crippen LogP contribution in [0.15, 0.2) is 36.9 Å². The van der Waals surface area contributed by atoms with Crippen LogP contribution in [0.4, 0.5) is 8.78 Å². The molecule has 0 N–H and O–H groups in total. The zero-order chi connectivity index (χ0) is 13.9. The minimum atomic E-state index is -2.63. The van der Waals surface area contributed by atoms with Gasteiger partial charge in [-0.15, -0.1) is 6.58 Å². The summed E-state index contributed by atoms with van der Waals surface area (Å²) in [7, 11) is 1.64. The Morgan fingerprint density at radius 3 is 2.53 bits per heavy atom. The molecule has 1 fully saturated rings. The number of alkyl halides is 2. The number of ether oxygens (including phenoxy) is 1. The molecule has 1 aliphatic carbocycles. The van der Waals surface area contributed by atoms with Crippen LogP contribution in [-0.4, -0.2) is 13.0 Å². The van der Waals surface area contributed by atoms with Crippen molar-refractivity contribution in [1.29, 1.82) is 0 Å². The predicted octanol–water partition coefficient (Wildman–Crippen LogP) is 4.54. The van der Waals surface area contributed by atoms with E-state index in [2.05, 4.69) is 6.58 Å². The van der Waals surface area contributed by atoms with Gasteiger partial charge in [0, 0.05) is 19.4 Å². The highest BCUT2D eigenvalue weighted by molar-refractivity contribution is 5.26. The predicted molar refractivity (Wildman–Crippen MR) is 72.4 cm³/mol. The number of allylic oxidation sites excluding steroid dienone is 1. The second kappa shape index (κ2) is 5.83. The third-order valence-electron chi connectivity index (χ3n) is 3.93. The van der Waals surface area contributed by atoms with E-state index < -0.39 is 11.8 Å². The molecule has 3 heteroatoms. The van der Waals surface area contributed by atoms with E-state index in [1.165, 1.54) is 6.08 Å². The summed E-state index contributed by atoms with van der Waals surface area (Å²) in [6.45, 7) is 4.07. The highest BCUT2D eigenvalue weighted by atomic mass is 19.3. The first-order valence-electron chi connectivity index (χ1n) is 6.65. The first-order chi connectivity index (χ1) is 9.06. The van der Waals surface area contributed by atoms with E-state index in [1.54, 1.807) is 7.11 Å². The molecular formula is C16H20F2O. The Bertz CT molecular complexity index is 425. The molecule has 0 unspecified atom stereocenters. The number of methoxy groups -OCH3 is 1. The van der Waals surface area contributed by atoms with Crippen LogP contribution in [0.1, 0.15) is 36.3 Å². The number of hydrogen-bond donors (Lipinski definition) is 0. The summed E-state index contributed by atoms with van der Waals surface area (Å²) in [6.07, 6.45) is 2.64. The SMILES string of the molecule is C=C[C@@H]1CC[C@@H](c2ccc(COC)cc2)CC1(F)F. The van der Waals surface area contributed by atoms with Gasteiger partial charge in [-0.1, -0.05) is 30.3 Å². The summed E-state index contributed by atoms with van der Waals surface area (Å²) < 4.78 is 32.9. The van der Waals surface area contributed by atoms with E-state index in [1.807, 2.05) is 24.3 Å². The van der Waals surface area contributed by atoms with Crippen molar-refractivity contribution in [2.45, 2.75) is 37.7 Å². The Hall–Kier alpha value is -1.22. The number of rotatable bonds is 4. The van der Waals surface area contributed by atoms with Crippen molar-refractivity contribution in [2.24, 2.45) is 5.92 Å². The van der Waals surface area contributed by atoms with Crippen LogP contribution >= 0.6 is 0 Å². The van der Waals surface area contributed by atoms with Gasteiger partial charge >= 0.3 is 0 Å². The quantitative estimate of drug-likeness (QED) is 0.727. The van der Waals surface area contributed by atoms with Gasteiger partial charge in [0.15, 0.2) is 0 Å². The van der Waals surface area contributed by atoms with Crippen LogP contribution in [0.5, 0.6) is 0 Å². The van der Waals surface area contributed by atoms with E-state index in [0.717, 1.165) is 17.5 Å². The van der Waals surface area contributed by atoms with Gasteiger partial charge in [0.1, 0.15) is 0 Å². The Morgan fingerprint density at radius 1 is 1.32 bits per heavy atom. The van der Waals surface area contributed by atoms with Gasteiger partial charge in [-0.2, -0.15) is 0 Å². The zero-order valence-corrected chi connectivity index (χ0v) is 11.2. The largest absolute Gasteiger partial charge is 0.380 e. The average molecular weight is 266 g/mol. The van der Waals surface area contributed by atoms with E-state index in [0.29, 0.717) is 13.0 Å². The fourth-order valence-corrected chi connectivity index (χ4v) is 2.80. The van der Waals surface area contributed by atoms with Gasteiger partial charge in [-0.05, 0) is 29.9 Å². The summed E-state index contributed by atoms with van der Waals surface area (Å²) in [5.74, 6) is -3.35. The smallest absolute Gasteiger partial charge is 0.254 e. The maximum Gasteiger partial charge on any atom is 0.254 e. The molecule has 0 heterocycles. The van der Waals surface area contributed by atoms with Crippen LogP contribution in [-0.2, 0) is 11.3 Å². The van der Waals surface area contributed by atoms with Crippen molar-refractivity contribution < 1.29 is 13.5 Å². The van der Waals surface area contributed by atoms with Crippen LogP contribution in [0, 0.1) is 5.92 Å². The topological polar surface area (TPSA) is 9.23 Å². The van der Waals surface area contributed by atoms with Gasteiger partial charge in [-0.3, -0.25) is 0 Å². The second-order valence-corrected chi connectivity index (χ2v) is 5.26. The van der Waals surface area contributed by atoms with Crippen molar-refractivity contribution in [2.75, 3.05) is 7.11 Å². The Labute approximate surface area is 113 Å². The van der Waals surface area contributed by atoms with Gasteiger partial charge in [0.25, 0.3) is 5.92 Å². The minimum absolute atomic E-state index is 0.0530. The van der Waals surface area contributed by atoms with E-state index in [-0.39, 0.29) is 12.3 Å². The molecule has 1 nitrogen and oxygen atoms in total. The lowest BCUT2D eigenvalue weighted by molar-refractivity contribution is -0.0739.